The number of carbonyl (C=O) groups excluding carboxylic acids is 1. The van der Waals surface area contributed by atoms with Gasteiger partial charge in [-0.2, -0.15) is 5.10 Å². The lowest BCUT2D eigenvalue weighted by atomic mass is 10.1. The van der Waals surface area contributed by atoms with Crippen molar-refractivity contribution in [3.63, 3.8) is 0 Å². The number of benzene rings is 1. The van der Waals surface area contributed by atoms with Crippen molar-refractivity contribution in [2.45, 2.75) is 32.7 Å². The van der Waals surface area contributed by atoms with E-state index in [4.69, 9.17) is 16.3 Å². The first-order valence-corrected chi connectivity index (χ1v) is 8.91. The summed E-state index contributed by atoms with van der Waals surface area (Å²) in [6.45, 7) is 3.91. The Morgan fingerprint density at radius 2 is 2.11 bits per heavy atom. The number of carbonyl (C=O) groups is 1. The van der Waals surface area contributed by atoms with Gasteiger partial charge in [-0.3, -0.25) is 9.89 Å². The maximum absolute atomic E-state index is 12.2. The van der Waals surface area contributed by atoms with Gasteiger partial charge in [-0.1, -0.05) is 0 Å². The summed E-state index contributed by atoms with van der Waals surface area (Å²) in [6, 6.07) is 7.49. The van der Waals surface area contributed by atoms with E-state index in [-0.39, 0.29) is 17.2 Å². The van der Waals surface area contributed by atoms with E-state index >= 15 is 0 Å². The molecule has 0 aliphatic carbocycles. The molecule has 0 aliphatic rings. The van der Waals surface area contributed by atoms with E-state index < -0.39 is 0 Å². The number of ether oxygens (including phenoxy) is 1. The van der Waals surface area contributed by atoms with Crippen LogP contribution in [0.4, 0.5) is 0 Å². The van der Waals surface area contributed by atoms with Crippen molar-refractivity contribution >= 4 is 17.5 Å². The second kappa shape index (κ2) is 8.22. The summed E-state index contributed by atoms with van der Waals surface area (Å²) >= 11 is 5.66. The highest BCUT2D eigenvalue weighted by Crippen LogP contribution is 2.21. The van der Waals surface area contributed by atoms with Crippen LogP contribution in [0, 0.1) is 6.92 Å². The number of rotatable bonds is 7. The smallest absolute Gasteiger partial charge is 0.242 e. The Morgan fingerprint density at radius 1 is 1.37 bits per heavy atom. The van der Waals surface area contributed by atoms with Crippen molar-refractivity contribution in [1.29, 1.82) is 0 Å². The molecule has 1 unspecified atom stereocenters. The lowest BCUT2D eigenvalue weighted by Crippen LogP contribution is -2.27. The van der Waals surface area contributed by atoms with E-state index in [1.54, 1.807) is 13.3 Å². The van der Waals surface area contributed by atoms with E-state index in [0.717, 1.165) is 22.7 Å². The van der Waals surface area contributed by atoms with Crippen molar-refractivity contribution in [1.82, 2.24) is 30.3 Å². The average molecular weight is 389 g/mol. The van der Waals surface area contributed by atoms with Crippen LogP contribution in [0.5, 0.6) is 5.75 Å². The molecule has 1 atom stereocenters. The first-order chi connectivity index (χ1) is 13.0. The molecule has 2 N–H and O–H groups in total. The summed E-state index contributed by atoms with van der Waals surface area (Å²) in [5, 5.41) is 14.0. The number of halogens is 1. The molecule has 0 radical (unpaired) electrons. The molecular weight excluding hydrogens is 368 g/mol. The van der Waals surface area contributed by atoms with Crippen LogP contribution in [0.15, 0.2) is 30.5 Å². The second-order valence-electron chi connectivity index (χ2n) is 6.14. The number of nitrogens with zero attached hydrogens (tertiary/aromatic N) is 4. The van der Waals surface area contributed by atoms with E-state index in [1.165, 1.54) is 0 Å². The molecule has 2 heterocycles. The Kier molecular flexibility index (Phi) is 5.75. The molecule has 1 aromatic carbocycles. The van der Waals surface area contributed by atoms with Crippen LogP contribution in [-0.2, 0) is 11.2 Å². The fraction of sp³-hybridized carbons (Fsp3) is 0.333. The number of aryl methyl sites for hydroxylation is 1. The summed E-state index contributed by atoms with van der Waals surface area (Å²) < 4.78 is 7.02. The predicted molar refractivity (Wildman–Crippen MR) is 101 cm³/mol. The third kappa shape index (κ3) is 4.46. The molecule has 0 spiro atoms. The summed E-state index contributed by atoms with van der Waals surface area (Å²) in [7, 11) is 1.63. The number of hydrogen-bond donors (Lipinski definition) is 2. The molecule has 27 heavy (non-hydrogen) atoms. The number of methoxy groups -OCH3 is 1. The Bertz CT molecular complexity index is 918. The van der Waals surface area contributed by atoms with Gasteiger partial charge in [0.1, 0.15) is 11.6 Å². The Hall–Kier alpha value is -2.87. The van der Waals surface area contributed by atoms with Crippen molar-refractivity contribution < 1.29 is 9.53 Å². The Balaban J connectivity index is 1.63. The largest absolute Gasteiger partial charge is 0.497 e. The number of hydrogen-bond acceptors (Lipinski definition) is 5. The predicted octanol–water partition coefficient (Wildman–Crippen LogP) is 2.77. The molecule has 0 bridgehead atoms. The molecule has 1 amide bonds. The van der Waals surface area contributed by atoms with Gasteiger partial charge in [0, 0.05) is 24.1 Å². The van der Waals surface area contributed by atoms with Crippen LogP contribution in [0.25, 0.3) is 5.69 Å². The molecule has 0 saturated carbocycles. The highest BCUT2D eigenvalue weighted by Gasteiger charge is 2.16. The van der Waals surface area contributed by atoms with Crippen LogP contribution in [0.1, 0.15) is 36.5 Å². The van der Waals surface area contributed by atoms with Crippen molar-refractivity contribution in [2.24, 2.45) is 0 Å². The van der Waals surface area contributed by atoms with Crippen LogP contribution in [0.2, 0.25) is 5.28 Å². The lowest BCUT2D eigenvalue weighted by Gasteiger charge is -2.14. The minimum atomic E-state index is -0.164. The fourth-order valence-electron chi connectivity index (χ4n) is 2.84. The topological polar surface area (TPSA) is 97.7 Å². The van der Waals surface area contributed by atoms with Crippen LogP contribution in [-0.4, -0.2) is 38.0 Å². The first kappa shape index (κ1) is 18.9. The molecule has 9 heteroatoms. The maximum Gasteiger partial charge on any atom is 0.242 e. The number of amides is 1. The summed E-state index contributed by atoms with van der Waals surface area (Å²) in [5.74, 6) is 1.30. The van der Waals surface area contributed by atoms with Crippen molar-refractivity contribution in [3.05, 3.63) is 52.8 Å². The van der Waals surface area contributed by atoms with Gasteiger partial charge in [0.05, 0.1) is 25.0 Å². The van der Waals surface area contributed by atoms with E-state index in [2.05, 4.69) is 25.6 Å². The molecule has 3 aromatic rings. The average Bonchev–Trinajstić information content (AvgIpc) is 3.25. The molecule has 2 aromatic heterocycles. The number of nitrogens with one attached hydrogen (secondary N) is 2. The molecule has 8 nitrogen and oxygen atoms in total. The minimum Gasteiger partial charge on any atom is -0.497 e. The van der Waals surface area contributed by atoms with Gasteiger partial charge in [0.25, 0.3) is 0 Å². The number of aromatic nitrogens is 5. The van der Waals surface area contributed by atoms with Crippen molar-refractivity contribution in [2.75, 3.05) is 7.11 Å². The van der Waals surface area contributed by atoms with Gasteiger partial charge < -0.3 is 10.1 Å². The maximum atomic E-state index is 12.2. The second-order valence-corrected chi connectivity index (χ2v) is 6.47. The van der Waals surface area contributed by atoms with Crippen LogP contribution < -0.4 is 10.1 Å². The Morgan fingerprint density at radius 3 is 2.74 bits per heavy atom. The lowest BCUT2D eigenvalue weighted by molar-refractivity contribution is -0.121. The van der Waals surface area contributed by atoms with E-state index in [1.807, 2.05) is 42.8 Å². The van der Waals surface area contributed by atoms with E-state index in [0.29, 0.717) is 18.7 Å². The molecule has 0 fully saturated rings. The number of H-pyrrole nitrogens is 1. The van der Waals surface area contributed by atoms with Crippen molar-refractivity contribution in [3.8, 4) is 11.4 Å². The minimum absolute atomic E-state index is 0.0772. The molecule has 0 aliphatic heterocycles. The molecule has 3 rings (SSSR count). The zero-order valence-electron chi connectivity index (χ0n) is 15.4. The van der Waals surface area contributed by atoms with Gasteiger partial charge in [0.15, 0.2) is 0 Å². The summed E-state index contributed by atoms with van der Waals surface area (Å²) in [4.78, 5) is 16.2. The summed E-state index contributed by atoms with van der Waals surface area (Å²) in [6.07, 6.45) is 2.52. The standard InChI is InChI=1S/C18H21ClN6O2/c1-11(21-17(26)9-8-16-22-18(19)24-23-16)15-10-20-25(12(15)2)13-4-6-14(27-3)7-5-13/h4-7,10-11H,8-9H2,1-3H3,(H,21,26)(H,22,23,24). The SMILES string of the molecule is COc1ccc(-n2ncc(C(C)NC(=O)CCc3nc(Cl)n[nH]3)c2C)cc1. The molecular formula is C18H21ClN6O2. The van der Waals surface area contributed by atoms with Gasteiger partial charge in [-0.15, -0.1) is 5.10 Å². The van der Waals surface area contributed by atoms with E-state index in [9.17, 15) is 4.79 Å². The van der Waals surface area contributed by atoms with Gasteiger partial charge in [-0.05, 0) is 49.7 Å². The zero-order valence-corrected chi connectivity index (χ0v) is 16.1. The Labute approximate surface area is 161 Å². The van der Waals surface area contributed by atoms with Crippen LogP contribution in [0.3, 0.4) is 0 Å². The quantitative estimate of drug-likeness (QED) is 0.648. The monoisotopic (exact) mass is 388 g/mol. The van der Waals surface area contributed by atoms with Gasteiger partial charge in [0.2, 0.25) is 11.2 Å². The van der Waals surface area contributed by atoms with Crippen LogP contribution >= 0.6 is 11.6 Å². The van der Waals surface area contributed by atoms with Gasteiger partial charge in [-0.25, -0.2) is 9.67 Å². The highest BCUT2D eigenvalue weighted by molar-refractivity contribution is 6.28. The molecule has 0 saturated heterocycles. The third-order valence-corrected chi connectivity index (χ3v) is 4.47. The third-order valence-electron chi connectivity index (χ3n) is 4.30. The summed E-state index contributed by atoms with van der Waals surface area (Å²) in [5.41, 5.74) is 2.86. The zero-order chi connectivity index (χ0) is 19.4. The first-order valence-electron chi connectivity index (χ1n) is 8.53. The van der Waals surface area contributed by atoms with Gasteiger partial charge >= 0.3 is 0 Å². The normalized spacial score (nSPS) is 12.0. The fourth-order valence-corrected chi connectivity index (χ4v) is 2.98. The number of aromatic amines is 1. The molecule has 142 valence electrons. The highest BCUT2D eigenvalue weighted by atomic mass is 35.5.